The Morgan fingerprint density at radius 2 is 1.60 bits per heavy atom. The van der Waals surface area contributed by atoms with Gasteiger partial charge in [0.2, 0.25) is 11.8 Å². The monoisotopic (exact) mass is 605 g/mol. The molecule has 0 aromatic heterocycles. The number of likely N-dealkylation sites (tertiary alicyclic amines) is 1. The van der Waals surface area contributed by atoms with Crippen LogP contribution in [0.5, 0.6) is 0 Å². The summed E-state index contributed by atoms with van der Waals surface area (Å²) in [7, 11) is 0. The molecule has 232 valence electrons. The fourth-order valence-corrected chi connectivity index (χ4v) is 8.13. The number of ether oxygens (including phenoxy) is 1. The van der Waals surface area contributed by atoms with E-state index in [9.17, 15) is 14.4 Å². The number of rotatable bonds is 10. The van der Waals surface area contributed by atoms with Gasteiger partial charge in [-0.05, 0) is 66.2 Å². The van der Waals surface area contributed by atoms with Crippen LogP contribution in [0.25, 0.3) is 0 Å². The minimum Gasteiger partial charge on any atom is -0.449 e. The first-order valence-electron chi connectivity index (χ1n) is 16.1. The molecule has 0 unspecified atom stereocenters. The maximum absolute atomic E-state index is 14.3. The Morgan fingerprint density at radius 3 is 2.23 bits per heavy atom. The number of fused-ring (bicyclic) bond motifs is 1. The molecule has 2 fully saturated rings. The SMILES string of the molecule is CCC(CC)[C@@H]1C(=O)N[C@H](C2Cc3ccccc3C2)C(=O)N1Cc1ccccc1SC1CCN(C(=O)OCC(C)C)CC1. The molecule has 0 radical (unpaired) electrons. The van der Waals surface area contributed by atoms with Gasteiger partial charge in [0, 0.05) is 29.8 Å². The minimum atomic E-state index is -0.509. The first-order chi connectivity index (χ1) is 20.8. The van der Waals surface area contributed by atoms with E-state index in [0.717, 1.165) is 49.0 Å². The van der Waals surface area contributed by atoms with Crippen LogP contribution < -0.4 is 5.32 Å². The molecule has 2 heterocycles. The van der Waals surface area contributed by atoms with Gasteiger partial charge in [0.1, 0.15) is 12.1 Å². The van der Waals surface area contributed by atoms with Crippen molar-refractivity contribution in [3.63, 3.8) is 0 Å². The number of amides is 3. The number of benzene rings is 2. The molecule has 1 N–H and O–H groups in total. The van der Waals surface area contributed by atoms with E-state index in [1.807, 2.05) is 47.5 Å². The number of carbonyl (C=O) groups is 3. The lowest BCUT2D eigenvalue weighted by molar-refractivity contribution is -0.154. The molecule has 8 heteroatoms. The first-order valence-corrected chi connectivity index (χ1v) is 17.0. The number of piperidine rings is 1. The van der Waals surface area contributed by atoms with E-state index in [4.69, 9.17) is 4.74 Å². The Labute approximate surface area is 261 Å². The summed E-state index contributed by atoms with van der Waals surface area (Å²) in [5.74, 6) is 0.519. The van der Waals surface area contributed by atoms with Crippen molar-refractivity contribution >= 4 is 29.7 Å². The first kappa shape index (κ1) is 31.4. The summed E-state index contributed by atoms with van der Waals surface area (Å²) in [6, 6.07) is 15.7. The summed E-state index contributed by atoms with van der Waals surface area (Å²) in [4.78, 5) is 45.4. The largest absolute Gasteiger partial charge is 0.449 e. The van der Waals surface area contributed by atoms with Crippen LogP contribution in [0.1, 0.15) is 70.1 Å². The zero-order valence-corrected chi connectivity index (χ0v) is 26.9. The highest BCUT2D eigenvalue weighted by Gasteiger charge is 2.47. The lowest BCUT2D eigenvalue weighted by atomic mass is 9.86. The van der Waals surface area contributed by atoms with Gasteiger partial charge in [0.25, 0.3) is 0 Å². The van der Waals surface area contributed by atoms with Crippen molar-refractivity contribution < 1.29 is 19.1 Å². The molecule has 3 aliphatic rings. The normalized spacial score (nSPS) is 21.4. The van der Waals surface area contributed by atoms with E-state index in [0.29, 0.717) is 37.4 Å². The molecule has 43 heavy (non-hydrogen) atoms. The highest BCUT2D eigenvalue weighted by molar-refractivity contribution is 8.00. The quantitative estimate of drug-likeness (QED) is 0.355. The maximum atomic E-state index is 14.3. The maximum Gasteiger partial charge on any atom is 0.409 e. The second-order valence-electron chi connectivity index (χ2n) is 12.8. The van der Waals surface area contributed by atoms with E-state index in [1.54, 1.807) is 0 Å². The van der Waals surface area contributed by atoms with Gasteiger partial charge < -0.3 is 19.9 Å². The summed E-state index contributed by atoms with van der Waals surface area (Å²) >= 11 is 1.84. The fraction of sp³-hybridized carbons (Fsp3) is 0.571. The number of carbonyl (C=O) groups excluding carboxylic acids is 3. The summed E-state index contributed by atoms with van der Waals surface area (Å²) in [5.41, 5.74) is 3.65. The summed E-state index contributed by atoms with van der Waals surface area (Å²) in [6.07, 6.45) is 4.87. The van der Waals surface area contributed by atoms with Crippen LogP contribution in [-0.2, 0) is 33.7 Å². The molecular weight excluding hydrogens is 558 g/mol. The topological polar surface area (TPSA) is 79.0 Å². The standard InChI is InChI=1S/C35H47N3O4S/c1-5-24(6-2)32-33(39)36-31(28-19-25-11-7-8-12-26(25)20-28)34(40)38(32)21-27-13-9-10-14-30(27)43-29-15-17-37(18-16-29)35(41)42-22-23(3)4/h7-14,23-24,28-29,31-32H,5-6,15-22H2,1-4H3,(H,36,39)/t31-,32-/m1/s1. The Balaban J connectivity index is 1.31. The molecule has 2 aliphatic heterocycles. The van der Waals surface area contributed by atoms with Crippen LogP contribution >= 0.6 is 11.8 Å². The second kappa shape index (κ2) is 14.2. The molecule has 0 spiro atoms. The zero-order chi connectivity index (χ0) is 30.5. The van der Waals surface area contributed by atoms with Crippen LogP contribution in [-0.4, -0.2) is 64.7 Å². The number of thioether (sulfide) groups is 1. The lowest BCUT2D eigenvalue weighted by Crippen LogP contribution is -2.66. The van der Waals surface area contributed by atoms with Crippen molar-refractivity contribution in [1.29, 1.82) is 0 Å². The van der Waals surface area contributed by atoms with Crippen molar-refractivity contribution in [3.05, 3.63) is 65.2 Å². The van der Waals surface area contributed by atoms with Crippen molar-refractivity contribution in [3.8, 4) is 0 Å². The number of hydrogen-bond donors (Lipinski definition) is 1. The molecule has 7 nitrogen and oxygen atoms in total. The van der Waals surface area contributed by atoms with E-state index < -0.39 is 12.1 Å². The average molecular weight is 606 g/mol. The van der Waals surface area contributed by atoms with Gasteiger partial charge in [0.05, 0.1) is 6.61 Å². The van der Waals surface area contributed by atoms with Crippen molar-refractivity contribution in [2.24, 2.45) is 17.8 Å². The Hall–Kier alpha value is -3.00. The highest BCUT2D eigenvalue weighted by atomic mass is 32.2. The van der Waals surface area contributed by atoms with Crippen LogP contribution in [0, 0.1) is 17.8 Å². The lowest BCUT2D eigenvalue weighted by Gasteiger charge is -2.44. The average Bonchev–Trinajstić information content (AvgIpc) is 3.45. The summed E-state index contributed by atoms with van der Waals surface area (Å²) in [6.45, 7) is 10.5. The van der Waals surface area contributed by atoms with Crippen LogP contribution in [0.2, 0.25) is 0 Å². The second-order valence-corrected chi connectivity index (χ2v) is 14.1. The smallest absolute Gasteiger partial charge is 0.409 e. The van der Waals surface area contributed by atoms with Crippen molar-refractivity contribution in [2.75, 3.05) is 19.7 Å². The Bertz CT molecular complexity index is 1260. The van der Waals surface area contributed by atoms with E-state index in [2.05, 4.69) is 55.6 Å². The molecule has 2 aromatic carbocycles. The Morgan fingerprint density at radius 1 is 0.977 bits per heavy atom. The third-order valence-electron chi connectivity index (χ3n) is 9.35. The molecule has 5 rings (SSSR count). The predicted molar refractivity (Wildman–Crippen MR) is 171 cm³/mol. The van der Waals surface area contributed by atoms with Gasteiger partial charge in [-0.2, -0.15) is 0 Å². The van der Waals surface area contributed by atoms with Gasteiger partial charge in [-0.25, -0.2) is 4.79 Å². The molecule has 2 saturated heterocycles. The molecular formula is C35H47N3O4S. The van der Waals surface area contributed by atoms with E-state index in [1.165, 1.54) is 11.1 Å². The van der Waals surface area contributed by atoms with E-state index in [-0.39, 0.29) is 29.7 Å². The van der Waals surface area contributed by atoms with Gasteiger partial charge >= 0.3 is 6.09 Å². The van der Waals surface area contributed by atoms with Crippen LogP contribution in [0.15, 0.2) is 53.4 Å². The third-order valence-corrected chi connectivity index (χ3v) is 10.8. The van der Waals surface area contributed by atoms with Gasteiger partial charge in [-0.3, -0.25) is 9.59 Å². The minimum absolute atomic E-state index is 0.0175. The predicted octanol–water partition coefficient (Wildman–Crippen LogP) is 6.08. The molecule has 0 saturated carbocycles. The molecule has 2 aromatic rings. The number of hydrogen-bond acceptors (Lipinski definition) is 5. The summed E-state index contributed by atoms with van der Waals surface area (Å²) < 4.78 is 5.44. The number of piperazine rings is 1. The number of nitrogens with one attached hydrogen (secondary N) is 1. The number of nitrogens with zero attached hydrogens (tertiary/aromatic N) is 2. The summed E-state index contributed by atoms with van der Waals surface area (Å²) in [5, 5.41) is 3.56. The van der Waals surface area contributed by atoms with Crippen molar-refractivity contribution in [2.45, 2.75) is 95.0 Å². The molecule has 3 amide bonds. The van der Waals surface area contributed by atoms with Crippen molar-refractivity contribution in [1.82, 2.24) is 15.1 Å². The fourth-order valence-electron chi connectivity index (χ4n) is 6.88. The van der Waals surface area contributed by atoms with Crippen LogP contribution in [0.3, 0.4) is 0 Å². The van der Waals surface area contributed by atoms with Gasteiger partial charge in [-0.15, -0.1) is 11.8 Å². The van der Waals surface area contributed by atoms with Gasteiger partial charge in [-0.1, -0.05) is 83.0 Å². The zero-order valence-electron chi connectivity index (χ0n) is 26.1. The highest BCUT2D eigenvalue weighted by Crippen LogP contribution is 2.36. The Kier molecular flexibility index (Phi) is 10.4. The molecule has 1 aliphatic carbocycles. The third kappa shape index (κ3) is 7.22. The van der Waals surface area contributed by atoms with Crippen LogP contribution in [0.4, 0.5) is 4.79 Å². The van der Waals surface area contributed by atoms with Gasteiger partial charge in [0.15, 0.2) is 0 Å². The molecule has 2 atom stereocenters. The molecule has 0 bridgehead atoms. The van der Waals surface area contributed by atoms with E-state index >= 15 is 0 Å².